The third-order valence-corrected chi connectivity index (χ3v) is 8.32. The summed E-state index contributed by atoms with van der Waals surface area (Å²) in [5.74, 6) is -0.754. The fourth-order valence-corrected chi connectivity index (χ4v) is 5.37. The van der Waals surface area contributed by atoms with Gasteiger partial charge in [-0.2, -0.15) is 0 Å². The molecule has 1 aromatic rings. The van der Waals surface area contributed by atoms with Crippen molar-refractivity contribution in [1.29, 1.82) is 0 Å². The summed E-state index contributed by atoms with van der Waals surface area (Å²) in [6.07, 6.45) is 34.1. The van der Waals surface area contributed by atoms with E-state index in [2.05, 4.69) is 89.3 Å². The van der Waals surface area contributed by atoms with Gasteiger partial charge in [0.1, 0.15) is 0 Å². The summed E-state index contributed by atoms with van der Waals surface area (Å²) in [5, 5.41) is 5.95. The van der Waals surface area contributed by atoms with Gasteiger partial charge in [-0.25, -0.2) is 0 Å². The van der Waals surface area contributed by atoms with Crippen molar-refractivity contribution in [3.05, 3.63) is 121 Å². The lowest BCUT2D eigenvalue weighted by Crippen LogP contribution is -2.53. The summed E-state index contributed by atoms with van der Waals surface area (Å²) in [4.78, 5) is 40.6. The molecule has 2 N–H and O–H groups in total. The number of ether oxygens (including phenoxy) is 2. The van der Waals surface area contributed by atoms with Gasteiger partial charge in [-0.05, 0) is 51.9 Å². The summed E-state index contributed by atoms with van der Waals surface area (Å²) in [7, 11) is 0. The van der Waals surface area contributed by atoms with Crippen molar-refractivity contribution < 1.29 is 23.9 Å². The molecule has 2 amide bonds. The third-order valence-electron chi connectivity index (χ3n) is 8.32. The van der Waals surface area contributed by atoms with Crippen molar-refractivity contribution in [2.24, 2.45) is 0 Å². The smallest absolute Gasteiger partial charge is 0.286 e. The van der Waals surface area contributed by atoms with E-state index in [9.17, 15) is 14.4 Å². The zero-order valence-corrected chi connectivity index (χ0v) is 29.4. The number of morpholine rings is 1. The second-order valence-electron chi connectivity index (χ2n) is 12.1. The maximum atomic E-state index is 13.0. The van der Waals surface area contributed by atoms with E-state index in [1.54, 1.807) is 6.92 Å². The molecule has 0 aromatic heterocycles. The SMILES string of the molecule is CC/C=C\C/C=C\C/C=C\C/C=C\C/C=C\C/C=C\CCC(=O)NCC(CNC(=O)C1=CC(=O)C(C)(c2ccccc2)O1)N1CCOCC1. The third kappa shape index (κ3) is 14.8. The topological polar surface area (TPSA) is 97.0 Å². The van der Waals surface area contributed by atoms with Crippen LogP contribution in [0, 0.1) is 0 Å². The van der Waals surface area contributed by atoms with Crippen molar-refractivity contribution in [3.63, 3.8) is 0 Å². The Labute approximate surface area is 293 Å². The second-order valence-corrected chi connectivity index (χ2v) is 12.1. The standard InChI is InChI=1S/C41H55N3O5/c1-3-4-5-6-7-8-9-10-11-12-13-14-15-16-17-18-19-20-24-27-39(46)42-33-36(44-28-30-48-31-29-44)34-43-40(47)37-32-38(45)41(2,49-37)35-25-22-21-23-26-35/h4-5,7-8,10-11,13-14,16-17,19-23,25-26,32,36H,3,6,9,12,15,18,24,27-31,33-34H2,1-2H3,(H,42,46)(H,43,47)/b5-4-,8-7-,11-10-,14-13-,17-16-,20-19-. The van der Waals surface area contributed by atoms with E-state index < -0.39 is 11.5 Å². The van der Waals surface area contributed by atoms with Gasteiger partial charge in [0.2, 0.25) is 11.7 Å². The van der Waals surface area contributed by atoms with Gasteiger partial charge < -0.3 is 20.1 Å². The van der Waals surface area contributed by atoms with Crippen LogP contribution in [0.3, 0.4) is 0 Å². The highest BCUT2D eigenvalue weighted by molar-refractivity contribution is 6.07. The lowest BCUT2D eigenvalue weighted by Gasteiger charge is -2.34. The Bertz CT molecular complexity index is 1370. The number of nitrogens with one attached hydrogen (secondary N) is 2. The monoisotopic (exact) mass is 669 g/mol. The Morgan fingerprint density at radius 2 is 1.33 bits per heavy atom. The number of benzene rings is 1. The molecule has 1 fully saturated rings. The Kier molecular flexibility index (Phi) is 18.5. The summed E-state index contributed by atoms with van der Waals surface area (Å²) in [6, 6.07) is 9.03. The molecule has 3 rings (SSSR count). The van der Waals surface area contributed by atoms with E-state index in [1.807, 2.05) is 36.4 Å². The number of ketones is 1. The molecule has 1 aromatic carbocycles. The first-order valence-corrected chi connectivity index (χ1v) is 17.7. The summed E-state index contributed by atoms with van der Waals surface area (Å²) < 4.78 is 11.4. The van der Waals surface area contributed by atoms with Gasteiger partial charge in [0.05, 0.1) is 13.2 Å². The number of amides is 2. The number of rotatable bonds is 21. The normalized spacial score (nSPS) is 19.6. The minimum absolute atomic E-state index is 0.00233. The number of carbonyl (C=O) groups is 3. The van der Waals surface area contributed by atoms with Gasteiger partial charge in [-0.3, -0.25) is 19.3 Å². The first-order chi connectivity index (χ1) is 23.9. The lowest BCUT2D eigenvalue weighted by molar-refractivity contribution is -0.132. The highest BCUT2D eigenvalue weighted by Gasteiger charge is 2.43. The minimum Gasteiger partial charge on any atom is -0.469 e. The second kappa shape index (κ2) is 23.1. The molecule has 264 valence electrons. The van der Waals surface area contributed by atoms with Crippen LogP contribution in [0.15, 0.2) is 115 Å². The van der Waals surface area contributed by atoms with E-state index in [0.29, 0.717) is 57.8 Å². The lowest BCUT2D eigenvalue weighted by atomic mass is 9.92. The Balaban J connectivity index is 1.31. The van der Waals surface area contributed by atoms with Gasteiger partial charge in [-0.1, -0.05) is 110 Å². The Morgan fingerprint density at radius 3 is 1.90 bits per heavy atom. The largest absolute Gasteiger partial charge is 0.469 e. The van der Waals surface area contributed by atoms with Crippen molar-refractivity contribution >= 4 is 17.6 Å². The molecule has 2 aliphatic heterocycles. The van der Waals surface area contributed by atoms with Crippen LogP contribution in [0.5, 0.6) is 0 Å². The zero-order valence-electron chi connectivity index (χ0n) is 29.4. The number of allylic oxidation sites excluding steroid dienone is 12. The summed E-state index contributed by atoms with van der Waals surface area (Å²) in [6.45, 7) is 7.12. The summed E-state index contributed by atoms with van der Waals surface area (Å²) >= 11 is 0. The number of nitrogens with zero attached hydrogens (tertiary/aromatic N) is 1. The molecular weight excluding hydrogens is 614 g/mol. The predicted molar refractivity (Wildman–Crippen MR) is 198 cm³/mol. The van der Waals surface area contributed by atoms with Gasteiger partial charge >= 0.3 is 0 Å². The molecule has 8 nitrogen and oxygen atoms in total. The van der Waals surface area contributed by atoms with Crippen molar-refractivity contribution in [2.45, 2.75) is 76.9 Å². The number of hydrogen-bond donors (Lipinski definition) is 2. The molecule has 0 aliphatic carbocycles. The first kappa shape index (κ1) is 39.2. The van der Waals surface area contributed by atoms with Crippen LogP contribution in [0.1, 0.15) is 70.8 Å². The van der Waals surface area contributed by atoms with E-state index in [-0.39, 0.29) is 23.5 Å². The van der Waals surface area contributed by atoms with Crippen molar-refractivity contribution in [2.75, 3.05) is 39.4 Å². The fraction of sp³-hybridized carbons (Fsp3) is 0.439. The molecule has 49 heavy (non-hydrogen) atoms. The van der Waals surface area contributed by atoms with Crippen LogP contribution in [0.4, 0.5) is 0 Å². The van der Waals surface area contributed by atoms with Crippen molar-refractivity contribution in [1.82, 2.24) is 15.5 Å². The predicted octanol–water partition coefficient (Wildman–Crippen LogP) is 6.80. The van der Waals surface area contributed by atoms with E-state index >= 15 is 0 Å². The van der Waals surface area contributed by atoms with Crippen molar-refractivity contribution in [3.8, 4) is 0 Å². The Hall–Kier alpha value is -4.27. The van der Waals surface area contributed by atoms with Crippen LogP contribution in [0.2, 0.25) is 0 Å². The quantitative estimate of drug-likeness (QED) is 0.140. The van der Waals surface area contributed by atoms with Crippen LogP contribution >= 0.6 is 0 Å². The molecule has 1 saturated heterocycles. The molecule has 2 heterocycles. The van der Waals surface area contributed by atoms with Gasteiger partial charge in [0.15, 0.2) is 11.4 Å². The number of carbonyl (C=O) groups excluding carboxylic acids is 3. The molecular formula is C41H55N3O5. The molecule has 2 atom stereocenters. The molecule has 2 unspecified atom stereocenters. The van der Waals surface area contributed by atoms with E-state index in [1.165, 1.54) is 6.08 Å². The Morgan fingerprint density at radius 1 is 0.796 bits per heavy atom. The zero-order chi connectivity index (χ0) is 35.0. The van der Waals surface area contributed by atoms with E-state index in [0.717, 1.165) is 38.5 Å². The van der Waals surface area contributed by atoms with E-state index in [4.69, 9.17) is 9.47 Å². The summed E-state index contributed by atoms with van der Waals surface area (Å²) in [5.41, 5.74) is -0.536. The average molecular weight is 670 g/mol. The molecule has 2 aliphatic rings. The molecule has 0 radical (unpaired) electrons. The van der Waals surface area contributed by atoms with Gasteiger partial charge in [0, 0.05) is 50.3 Å². The molecule has 8 heteroatoms. The fourth-order valence-electron chi connectivity index (χ4n) is 5.37. The molecule has 0 saturated carbocycles. The van der Waals surface area contributed by atoms with Crippen LogP contribution in [-0.4, -0.2) is 67.9 Å². The maximum absolute atomic E-state index is 13.0. The average Bonchev–Trinajstić information content (AvgIpc) is 3.44. The van der Waals surface area contributed by atoms with Gasteiger partial charge in [-0.15, -0.1) is 0 Å². The number of hydrogen-bond acceptors (Lipinski definition) is 6. The molecule has 0 bridgehead atoms. The van der Waals surface area contributed by atoms with Crippen LogP contribution < -0.4 is 10.6 Å². The molecule has 0 spiro atoms. The highest BCUT2D eigenvalue weighted by Crippen LogP contribution is 2.34. The highest BCUT2D eigenvalue weighted by atomic mass is 16.5. The van der Waals surface area contributed by atoms with Gasteiger partial charge in [0.25, 0.3) is 5.91 Å². The first-order valence-electron chi connectivity index (χ1n) is 17.7. The van der Waals surface area contributed by atoms with Crippen LogP contribution in [0.25, 0.3) is 0 Å². The van der Waals surface area contributed by atoms with Crippen LogP contribution in [-0.2, 0) is 29.5 Å². The minimum atomic E-state index is -1.23. The maximum Gasteiger partial charge on any atom is 0.286 e.